The molecule has 0 aliphatic rings. The molecular formula is C20H15N3O. The average Bonchev–Trinajstić information content (AvgIpc) is 2.88. The maximum atomic E-state index is 12.0. The van der Waals surface area contributed by atoms with Crippen molar-refractivity contribution < 1.29 is 0 Å². The molecule has 0 fully saturated rings. The van der Waals surface area contributed by atoms with Crippen LogP contribution in [0.3, 0.4) is 0 Å². The molecule has 3 aromatic carbocycles. The highest BCUT2D eigenvalue weighted by atomic mass is 16.1. The van der Waals surface area contributed by atoms with Crippen LogP contribution >= 0.6 is 0 Å². The molecule has 0 spiro atoms. The Balaban J connectivity index is 1.61. The summed E-state index contributed by atoms with van der Waals surface area (Å²) in [4.78, 5) is 12.0. The summed E-state index contributed by atoms with van der Waals surface area (Å²) in [5.41, 5.74) is 7.73. The summed E-state index contributed by atoms with van der Waals surface area (Å²) >= 11 is 0. The Morgan fingerprint density at radius 1 is 0.833 bits per heavy atom. The van der Waals surface area contributed by atoms with Gasteiger partial charge in [-0.1, -0.05) is 48.5 Å². The minimum atomic E-state index is -0.0605. The molecule has 2 aromatic heterocycles. The first kappa shape index (κ1) is 13.2. The van der Waals surface area contributed by atoms with E-state index in [0.29, 0.717) is 0 Å². The van der Waals surface area contributed by atoms with Crippen molar-refractivity contribution in [3.63, 3.8) is 0 Å². The normalized spacial score (nSPS) is 11.7. The molecular weight excluding hydrogens is 298 g/mol. The molecule has 116 valence electrons. The standard InChI is InChI=1S/C20H15N3O/c1-12-4-2-3-5-16(12)14-8-6-13(7-9-14)15-10-17-19-18(11-15)21-23(19)22-20(17)24/h2-11,21H,1H3,(H,22,24). The number of benzene rings is 3. The van der Waals surface area contributed by atoms with Crippen LogP contribution in [0.4, 0.5) is 0 Å². The van der Waals surface area contributed by atoms with Crippen molar-refractivity contribution in [3.8, 4) is 22.3 Å². The van der Waals surface area contributed by atoms with Gasteiger partial charge in [0.05, 0.1) is 10.9 Å². The smallest absolute Gasteiger partial charge is 0.273 e. The van der Waals surface area contributed by atoms with E-state index in [-0.39, 0.29) is 5.56 Å². The Morgan fingerprint density at radius 2 is 1.58 bits per heavy atom. The highest BCUT2D eigenvalue weighted by molar-refractivity contribution is 5.98. The molecule has 0 unspecified atom stereocenters. The fourth-order valence-corrected chi connectivity index (χ4v) is 3.41. The Hall–Kier alpha value is -3.27. The number of H-pyrrole nitrogens is 2. The summed E-state index contributed by atoms with van der Waals surface area (Å²) in [6, 6.07) is 20.9. The lowest BCUT2D eigenvalue weighted by atomic mass is 9.97. The minimum absolute atomic E-state index is 0.0605. The highest BCUT2D eigenvalue weighted by Crippen LogP contribution is 2.30. The van der Waals surface area contributed by atoms with Crippen LogP contribution in [-0.2, 0) is 0 Å². The Labute approximate surface area is 137 Å². The fourth-order valence-electron chi connectivity index (χ4n) is 3.41. The lowest BCUT2D eigenvalue weighted by Crippen LogP contribution is -2.03. The molecule has 4 nitrogen and oxygen atoms in total. The second kappa shape index (κ2) is 4.61. The SMILES string of the molecule is Cc1ccccc1-c1ccc(-c2cc3[nH]n4[nH]c(=O)c(c2)c34)cc1. The highest BCUT2D eigenvalue weighted by Gasteiger charge is 2.14. The quantitative estimate of drug-likeness (QED) is 0.504. The molecule has 2 N–H and O–H groups in total. The summed E-state index contributed by atoms with van der Waals surface area (Å²) in [6.45, 7) is 2.12. The molecule has 5 aromatic rings. The van der Waals surface area contributed by atoms with Crippen molar-refractivity contribution in [2.75, 3.05) is 0 Å². The van der Waals surface area contributed by atoms with Gasteiger partial charge in [-0.25, -0.2) is 5.10 Å². The van der Waals surface area contributed by atoms with Gasteiger partial charge in [-0.05, 0) is 46.9 Å². The average molecular weight is 313 g/mol. The number of aromatic amines is 2. The number of aromatic nitrogens is 3. The van der Waals surface area contributed by atoms with Gasteiger partial charge in [-0.2, -0.15) is 4.63 Å². The van der Waals surface area contributed by atoms with Crippen molar-refractivity contribution in [2.24, 2.45) is 0 Å². The summed E-state index contributed by atoms with van der Waals surface area (Å²) in [7, 11) is 0. The van der Waals surface area contributed by atoms with Gasteiger partial charge in [0.15, 0.2) is 0 Å². The zero-order chi connectivity index (χ0) is 16.3. The molecule has 0 bridgehead atoms. The van der Waals surface area contributed by atoms with Gasteiger partial charge < -0.3 is 0 Å². The molecule has 0 amide bonds. The largest absolute Gasteiger partial charge is 0.277 e. The summed E-state index contributed by atoms with van der Waals surface area (Å²) < 4.78 is 1.66. The predicted octanol–water partition coefficient (Wildman–Crippen LogP) is 4.19. The van der Waals surface area contributed by atoms with E-state index >= 15 is 0 Å². The third kappa shape index (κ3) is 1.77. The number of aryl methyl sites for hydroxylation is 1. The van der Waals surface area contributed by atoms with Gasteiger partial charge in [-0.15, -0.1) is 0 Å². The fraction of sp³-hybridized carbons (Fsp3) is 0.0500. The van der Waals surface area contributed by atoms with Gasteiger partial charge in [0.1, 0.15) is 5.52 Å². The zero-order valence-electron chi connectivity index (χ0n) is 13.1. The van der Waals surface area contributed by atoms with Crippen LogP contribution in [0.2, 0.25) is 0 Å². The second-order valence-electron chi connectivity index (χ2n) is 6.20. The Bertz CT molecular complexity index is 1220. The van der Waals surface area contributed by atoms with Crippen molar-refractivity contribution in [1.29, 1.82) is 0 Å². The molecule has 2 heterocycles. The third-order valence-corrected chi connectivity index (χ3v) is 4.70. The molecule has 0 aliphatic heterocycles. The second-order valence-corrected chi connectivity index (χ2v) is 6.20. The first-order valence-electron chi connectivity index (χ1n) is 7.93. The third-order valence-electron chi connectivity index (χ3n) is 4.70. The number of hydrogen-bond donors (Lipinski definition) is 2. The molecule has 4 heteroatoms. The minimum Gasteiger partial charge on any atom is -0.277 e. The van der Waals surface area contributed by atoms with Crippen LogP contribution in [0.15, 0.2) is 65.5 Å². The number of rotatable bonds is 2. The van der Waals surface area contributed by atoms with Crippen LogP contribution < -0.4 is 5.56 Å². The van der Waals surface area contributed by atoms with Crippen molar-refractivity contribution in [3.05, 3.63) is 76.6 Å². The molecule has 0 saturated carbocycles. The van der Waals surface area contributed by atoms with Crippen molar-refractivity contribution >= 4 is 16.4 Å². The number of hydrogen-bond acceptors (Lipinski definition) is 1. The number of nitrogens with one attached hydrogen (secondary N) is 2. The molecule has 0 radical (unpaired) electrons. The molecule has 0 saturated heterocycles. The predicted molar refractivity (Wildman–Crippen MR) is 96.7 cm³/mol. The van der Waals surface area contributed by atoms with Crippen molar-refractivity contribution in [1.82, 2.24) is 14.8 Å². The van der Waals surface area contributed by atoms with E-state index in [9.17, 15) is 4.79 Å². The first-order valence-corrected chi connectivity index (χ1v) is 7.93. The lowest BCUT2D eigenvalue weighted by Gasteiger charge is -2.10. The van der Waals surface area contributed by atoms with E-state index in [1.54, 1.807) is 4.63 Å². The monoisotopic (exact) mass is 313 g/mol. The van der Waals surface area contributed by atoms with Crippen LogP contribution in [0.1, 0.15) is 5.56 Å². The first-order chi connectivity index (χ1) is 11.7. The van der Waals surface area contributed by atoms with Crippen molar-refractivity contribution in [2.45, 2.75) is 6.92 Å². The van der Waals surface area contributed by atoms with Crippen LogP contribution in [0.25, 0.3) is 38.7 Å². The van der Waals surface area contributed by atoms with E-state index in [0.717, 1.165) is 27.5 Å². The van der Waals surface area contributed by atoms with E-state index < -0.39 is 0 Å². The van der Waals surface area contributed by atoms with Crippen LogP contribution in [0.5, 0.6) is 0 Å². The Morgan fingerprint density at radius 3 is 2.38 bits per heavy atom. The van der Waals surface area contributed by atoms with E-state index in [1.807, 2.05) is 6.07 Å². The Kier molecular flexibility index (Phi) is 2.54. The lowest BCUT2D eigenvalue weighted by molar-refractivity contribution is 0.782. The molecule has 0 atom stereocenters. The van der Waals surface area contributed by atoms with Gasteiger partial charge in [0.2, 0.25) is 0 Å². The maximum absolute atomic E-state index is 12.0. The van der Waals surface area contributed by atoms with Gasteiger partial charge in [0, 0.05) is 0 Å². The van der Waals surface area contributed by atoms with E-state index in [4.69, 9.17) is 0 Å². The van der Waals surface area contributed by atoms with Gasteiger partial charge in [0.25, 0.3) is 5.56 Å². The summed E-state index contributed by atoms with van der Waals surface area (Å²) in [5.74, 6) is 0. The van der Waals surface area contributed by atoms with Crippen LogP contribution in [-0.4, -0.2) is 14.8 Å². The summed E-state index contributed by atoms with van der Waals surface area (Å²) in [5, 5.41) is 6.60. The number of nitrogens with zero attached hydrogens (tertiary/aromatic N) is 1. The van der Waals surface area contributed by atoms with Gasteiger partial charge >= 0.3 is 0 Å². The van der Waals surface area contributed by atoms with Gasteiger partial charge in [-0.3, -0.25) is 9.89 Å². The van der Waals surface area contributed by atoms with Crippen LogP contribution in [0, 0.1) is 6.92 Å². The topological polar surface area (TPSA) is 53.1 Å². The maximum Gasteiger partial charge on any atom is 0.273 e. The molecule has 24 heavy (non-hydrogen) atoms. The van der Waals surface area contributed by atoms with E-state index in [2.05, 4.69) is 71.7 Å². The summed E-state index contributed by atoms with van der Waals surface area (Å²) in [6.07, 6.45) is 0. The molecule has 0 aliphatic carbocycles. The molecule has 5 rings (SSSR count). The zero-order valence-corrected chi connectivity index (χ0v) is 13.1. The van der Waals surface area contributed by atoms with E-state index in [1.165, 1.54) is 16.7 Å².